The maximum Gasteiger partial charge on any atom is 0.573 e. The van der Waals surface area contributed by atoms with Crippen molar-refractivity contribution in [3.63, 3.8) is 0 Å². The summed E-state index contributed by atoms with van der Waals surface area (Å²) in [6.45, 7) is 3.91. The molecular weight excluding hydrogens is 259 g/mol. The average molecular weight is 277 g/mol. The van der Waals surface area contributed by atoms with Crippen LogP contribution in [-0.4, -0.2) is 17.5 Å². The summed E-state index contributed by atoms with van der Waals surface area (Å²) in [5.74, 6) is -0.0694. The van der Waals surface area contributed by atoms with Crippen molar-refractivity contribution >= 4 is 0 Å². The molecular formula is C13H18F3NO2. The highest BCUT2D eigenvalue weighted by molar-refractivity contribution is 5.30. The normalized spacial score (nSPS) is 15.4. The second-order valence-electron chi connectivity index (χ2n) is 4.86. The van der Waals surface area contributed by atoms with Crippen molar-refractivity contribution in [3.8, 4) is 5.75 Å². The van der Waals surface area contributed by atoms with E-state index in [0.717, 1.165) is 6.07 Å². The summed E-state index contributed by atoms with van der Waals surface area (Å²) >= 11 is 0. The van der Waals surface area contributed by atoms with Gasteiger partial charge in [-0.15, -0.1) is 13.2 Å². The molecule has 19 heavy (non-hydrogen) atoms. The number of halogens is 3. The summed E-state index contributed by atoms with van der Waals surface area (Å²) in [6, 6.07) is 4.72. The maximum atomic E-state index is 12.1. The van der Waals surface area contributed by atoms with Crippen LogP contribution in [0.2, 0.25) is 0 Å². The number of aliphatic hydroxyl groups excluding tert-OH is 1. The molecule has 0 heterocycles. The highest BCUT2D eigenvalue weighted by Crippen LogP contribution is 2.27. The van der Waals surface area contributed by atoms with Gasteiger partial charge in [-0.2, -0.15) is 0 Å². The molecule has 0 aromatic heterocycles. The summed E-state index contributed by atoms with van der Waals surface area (Å²) in [7, 11) is 0. The zero-order chi connectivity index (χ0) is 14.6. The fourth-order valence-electron chi connectivity index (χ4n) is 1.82. The van der Waals surface area contributed by atoms with Crippen LogP contribution in [-0.2, 0) is 0 Å². The molecule has 2 atom stereocenters. The molecule has 0 bridgehead atoms. The van der Waals surface area contributed by atoms with Gasteiger partial charge in [-0.25, -0.2) is 0 Å². The fraction of sp³-hybridized carbons (Fsp3) is 0.538. The molecule has 108 valence electrons. The third kappa shape index (κ3) is 5.48. The van der Waals surface area contributed by atoms with Gasteiger partial charge in [0.25, 0.3) is 0 Å². The number of nitrogens with two attached hydrogens (primary N) is 1. The standard InChI is InChI=1S/C13H18F3NO2/c1-8(2)6-11(17)12(18)9-4-3-5-10(7-9)19-13(14,15)16/h3-5,7-8,11-12,18H,6,17H2,1-2H3. The van der Waals surface area contributed by atoms with Gasteiger partial charge in [0.05, 0.1) is 6.10 Å². The summed E-state index contributed by atoms with van der Waals surface area (Å²) in [5.41, 5.74) is 6.13. The van der Waals surface area contributed by atoms with E-state index < -0.39 is 18.5 Å². The first-order chi connectivity index (χ1) is 8.69. The van der Waals surface area contributed by atoms with Crippen LogP contribution in [0.1, 0.15) is 31.9 Å². The van der Waals surface area contributed by atoms with Gasteiger partial charge in [0.15, 0.2) is 0 Å². The lowest BCUT2D eigenvalue weighted by Gasteiger charge is -2.21. The van der Waals surface area contributed by atoms with Crippen LogP contribution in [0.5, 0.6) is 5.75 Å². The molecule has 1 rings (SSSR count). The van der Waals surface area contributed by atoms with E-state index in [4.69, 9.17) is 5.73 Å². The summed E-state index contributed by atoms with van der Waals surface area (Å²) in [6.07, 6.45) is -5.19. The number of benzene rings is 1. The van der Waals surface area contributed by atoms with Gasteiger partial charge < -0.3 is 15.6 Å². The molecule has 0 aliphatic rings. The van der Waals surface area contributed by atoms with Gasteiger partial charge in [0.1, 0.15) is 5.75 Å². The molecule has 2 unspecified atom stereocenters. The van der Waals surface area contributed by atoms with Crippen molar-refractivity contribution in [1.82, 2.24) is 0 Å². The van der Waals surface area contributed by atoms with E-state index >= 15 is 0 Å². The van der Waals surface area contributed by atoms with E-state index in [1.54, 1.807) is 0 Å². The highest BCUT2D eigenvalue weighted by Gasteiger charge is 2.31. The maximum absolute atomic E-state index is 12.1. The lowest BCUT2D eigenvalue weighted by atomic mass is 9.95. The third-order valence-corrected chi connectivity index (χ3v) is 2.58. The number of hydrogen-bond donors (Lipinski definition) is 2. The van der Waals surface area contributed by atoms with Crippen molar-refractivity contribution in [3.05, 3.63) is 29.8 Å². The Hall–Kier alpha value is -1.27. The predicted octanol–water partition coefficient (Wildman–Crippen LogP) is 2.99. The number of aliphatic hydroxyl groups is 1. The molecule has 1 aromatic rings. The smallest absolute Gasteiger partial charge is 0.406 e. The number of hydrogen-bond acceptors (Lipinski definition) is 3. The Balaban J connectivity index is 2.81. The molecule has 0 aliphatic heterocycles. The Morgan fingerprint density at radius 2 is 1.95 bits per heavy atom. The number of alkyl halides is 3. The lowest BCUT2D eigenvalue weighted by Crippen LogP contribution is -2.29. The monoisotopic (exact) mass is 277 g/mol. The Bertz CT molecular complexity index is 407. The molecule has 0 fully saturated rings. The Morgan fingerprint density at radius 3 is 2.47 bits per heavy atom. The fourth-order valence-corrected chi connectivity index (χ4v) is 1.82. The Kier molecular flexibility index (Phi) is 5.20. The van der Waals surface area contributed by atoms with Gasteiger partial charge in [0, 0.05) is 6.04 Å². The molecule has 0 spiro atoms. The van der Waals surface area contributed by atoms with Crippen molar-refractivity contribution in [1.29, 1.82) is 0 Å². The van der Waals surface area contributed by atoms with Gasteiger partial charge in [-0.3, -0.25) is 0 Å². The zero-order valence-corrected chi connectivity index (χ0v) is 10.8. The molecule has 0 saturated carbocycles. The number of rotatable bonds is 5. The Labute approximate surface area is 110 Å². The van der Waals surface area contributed by atoms with Crippen molar-refractivity contribution in [2.24, 2.45) is 11.7 Å². The molecule has 1 aromatic carbocycles. The summed E-state index contributed by atoms with van der Waals surface area (Å²) < 4.78 is 40.1. The van der Waals surface area contributed by atoms with Gasteiger partial charge in [-0.05, 0) is 30.0 Å². The van der Waals surface area contributed by atoms with Crippen LogP contribution in [0.4, 0.5) is 13.2 Å². The van der Waals surface area contributed by atoms with Gasteiger partial charge >= 0.3 is 6.36 Å². The van der Waals surface area contributed by atoms with Crippen LogP contribution in [0.15, 0.2) is 24.3 Å². The molecule has 3 N–H and O–H groups in total. The van der Waals surface area contributed by atoms with Crippen LogP contribution in [0.25, 0.3) is 0 Å². The average Bonchev–Trinajstić information content (AvgIpc) is 2.25. The molecule has 0 amide bonds. The van der Waals surface area contributed by atoms with E-state index in [1.165, 1.54) is 18.2 Å². The summed E-state index contributed by atoms with van der Waals surface area (Å²) in [5, 5.41) is 10.00. The zero-order valence-electron chi connectivity index (χ0n) is 10.8. The molecule has 6 heteroatoms. The first-order valence-electron chi connectivity index (χ1n) is 5.98. The second-order valence-corrected chi connectivity index (χ2v) is 4.86. The number of ether oxygens (including phenoxy) is 1. The second kappa shape index (κ2) is 6.25. The van der Waals surface area contributed by atoms with Crippen molar-refractivity contribution in [2.45, 2.75) is 38.8 Å². The van der Waals surface area contributed by atoms with E-state index in [2.05, 4.69) is 4.74 Å². The van der Waals surface area contributed by atoms with Crippen LogP contribution < -0.4 is 10.5 Å². The molecule has 0 aliphatic carbocycles. The van der Waals surface area contributed by atoms with Crippen LogP contribution in [0, 0.1) is 5.92 Å². The van der Waals surface area contributed by atoms with Crippen LogP contribution in [0.3, 0.4) is 0 Å². The SMILES string of the molecule is CC(C)CC(N)C(O)c1cccc(OC(F)(F)F)c1. The van der Waals surface area contributed by atoms with Gasteiger partial charge in [-0.1, -0.05) is 26.0 Å². The van der Waals surface area contributed by atoms with Crippen molar-refractivity contribution < 1.29 is 23.0 Å². The van der Waals surface area contributed by atoms with E-state index in [9.17, 15) is 18.3 Å². The third-order valence-electron chi connectivity index (χ3n) is 2.58. The minimum atomic E-state index is -4.75. The minimum Gasteiger partial charge on any atom is -0.406 e. The van der Waals surface area contributed by atoms with E-state index in [1.807, 2.05) is 13.8 Å². The minimum absolute atomic E-state index is 0.291. The van der Waals surface area contributed by atoms with Gasteiger partial charge in [0.2, 0.25) is 0 Å². The van der Waals surface area contributed by atoms with E-state index in [0.29, 0.717) is 17.9 Å². The largest absolute Gasteiger partial charge is 0.573 e. The molecule has 0 radical (unpaired) electrons. The molecule has 3 nitrogen and oxygen atoms in total. The first kappa shape index (κ1) is 15.8. The summed E-state index contributed by atoms with van der Waals surface area (Å²) in [4.78, 5) is 0. The lowest BCUT2D eigenvalue weighted by molar-refractivity contribution is -0.274. The molecule has 0 saturated heterocycles. The first-order valence-corrected chi connectivity index (χ1v) is 5.98. The predicted molar refractivity (Wildman–Crippen MR) is 65.5 cm³/mol. The topological polar surface area (TPSA) is 55.5 Å². The van der Waals surface area contributed by atoms with E-state index in [-0.39, 0.29) is 5.75 Å². The highest BCUT2D eigenvalue weighted by atomic mass is 19.4. The quantitative estimate of drug-likeness (QED) is 0.870. The van der Waals surface area contributed by atoms with Crippen LogP contribution >= 0.6 is 0 Å². The Morgan fingerprint density at radius 1 is 1.32 bits per heavy atom. The van der Waals surface area contributed by atoms with Crippen molar-refractivity contribution in [2.75, 3.05) is 0 Å².